The third kappa shape index (κ3) is 13.5. The number of hydrogen-bond acceptors (Lipinski definition) is 8. The van der Waals surface area contributed by atoms with E-state index in [0.717, 1.165) is 10.6 Å². The number of carbonyl (C=O) groups excluding carboxylic acids is 2. The van der Waals surface area contributed by atoms with Crippen molar-refractivity contribution in [2.75, 3.05) is 32.1 Å². The van der Waals surface area contributed by atoms with Crippen molar-refractivity contribution in [3.63, 3.8) is 0 Å². The number of aliphatic hydroxyl groups excluding tert-OH is 2. The molecule has 0 aromatic rings. The molecule has 0 aromatic heterocycles. The summed E-state index contributed by atoms with van der Waals surface area (Å²) in [4.78, 5) is 22.8. The van der Waals surface area contributed by atoms with Crippen LogP contribution in [-0.2, 0) is 14.3 Å². The lowest BCUT2D eigenvalue weighted by Gasteiger charge is -2.18. The zero-order valence-electron chi connectivity index (χ0n) is 13.0. The Bertz CT molecular complexity index is 337. The van der Waals surface area contributed by atoms with Crippen molar-refractivity contribution in [1.82, 2.24) is 10.6 Å². The van der Waals surface area contributed by atoms with Crippen LogP contribution in [0, 0.1) is 0 Å². The molecular weight excluding hydrogens is 343 g/mol. The molecule has 0 fully saturated rings. The number of amides is 2. The molecule has 0 heterocycles. The van der Waals surface area contributed by atoms with Crippen LogP contribution in [0.1, 0.15) is 19.8 Å². The molecule has 11 heteroatoms. The highest BCUT2D eigenvalue weighted by atomic mass is 33.1. The molecule has 2 amide bonds. The number of carbonyl (C=O) groups is 2. The summed E-state index contributed by atoms with van der Waals surface area (Å²) in [5.41, 5.74) is 0. The van der Waals surface area contributed by atoms with Gasteiger partial charge in [-0.1, -0.05) is 6.92 Å². The van der Waals surface area contributed by atoms with E-state index in [2.05, 4.69) is 10.6 Å². The zero-order valence-corrected chi connectivity index (χ0v) is 14.7. The Morgan fingerprint density at radius 1 is 1.30 bits per heavy atom. The third-order valence-electron chi connectivity index (χ3n) is 2.56. The minimum absolute atomic E-state index is 0.120. The lowest BCUT2D eigenvalue weighted by Crippen LogP contribution is -2.34. The highest BCUT2D eigenvalue weighted by molar-refractivity contribution is 8.84. The molecule has 132 valence electrons. The Balaban J connectivity index is 3.65. The van der Waals surface area contributed by atoms with Crippen LogP contribution in [0.2, 0.25) is 0 Å². The fourth-order valence-corrected chi connectivity index (χ4v) is 2.19. The van der Waals surface area contributed by atoms with Gasteiger partial charge in [0.1, 0.15) is 6.61 Å². The van der Waals surface area contributed by atoms with Crippen LogP contribution in [0.3, 0.4) is 0 Å². The number of hydrogen-bond donors (Lipinski definition) is 4. The van der Waals surface area contributed by atoms with Crippen LogP contribution in [0.25, 0.3) is 0 Å². The van der Waals surface area contributed by atoms with Gasteiger partial charge in [-0.05, 0) is 6.42 Å². The summed E-state index contributed by atoms with van der Waals surface area (Å²) in [7, 11) is 7.79. The predicted octanol–water partition coefficient (Wildman–Crippen LogP) is -0.210. The van der Waals surface area contributed by atoms with E-state index in [9.17, 15) is 14.7 Å². The smallest absolute Gasteiger partial charge is 0.407 e. The van der Waals surface area contributed by atoms with Gasteiger partial charge in [-0.3, -0.25) is 4.79 Å². The van der Waals surface area contributed by atoms with Crippen molar-refractivity contribution in [3.05, 3.63) is 0 Å². The largest absolute Gasteiger partial charge is 0.444 e. The van der Waals surface area contributed by atoms with Crippen LogP contribution in [0.4, 0.5) is 4.79 Å². The number of alkyl carbamates (subject to hydrolysis) is 1. The Labute approximate surface area is 145 Å². The quantitative estimate of drug-likeness (QED) is 0.153. The molecule has 4 N–H and O–H groups in total. The fourth-order valence-electron chi connectivity index (χ4n) is 1.37. The topological polar surface area (TPSA) is 117 Å². The van der Waals surface area contributed by atoms with Crippen LogP contribution in [0.15, 0.2) is 0 Å². The van der Waals surface area contributed by atoms with Gasteiger partial charge in [0.05, 0.1) is 12.7 Å². The number of rotatable bonds is 13. The third-order valence-corrected chi connectivity index (χ3v) is 3.98. The summed E-state index contributed by atoms with van der Waals surface area (Å²) < 4.78 is 9.76. The summed E-state index contributed by atoms with van der Waals surface area (Å²) in [6.07, 6.45) is -1.92. The first-order chi connectivity index (χ1) is 11.0. The molecule has 8 nitrogen and oxygen atoms in total. The van der Waals surface area contributed by atoms with E-state index >= 15 is 0 Å². The molecule has 0 bridgehead atoms. The Morgan fingerprint density at radius 2 is 2.04 bits per heavy atom. The molecule has 2 atom stereocenters. The highest BCUT2D eigenvalue weighted by Gasteiger charge is 2.14. The first-order valence-electron chi connectivity index (χ1n) is 7.13. The molecule has 2 radical (unpaired) electrons. The molecule has 0 saturated carbocycles. The molecule has 23 heavy (non-hydrogen) atoms. The zero-order chi connectivity index (χ0) is 17.5. The van der Waals surface area contributed by atoms with E-state index in [1.165, 1.54) is 10.8 Å². The van der Waals surface area contributed by atoms with Crippen LogP contribution >= 0.6 is 21.4 Å². The Hall–Kier alpha value is -0.615. The van der Waals surface area contributed by atoms with Crippen molar-refractivity contribution in [1.29, 1.82) is 0 Å². The van der Waals surface area contributed by atoms with E-state index in [4.69, 9.17) is 21.7 Å². The maximum atomic E-state index is 11.4. The van der Waals surface area contributed by atoms with Crippen molar-refractivity contribution < 1.29 is 29.3 Å². The standard InChI is InChI=1S/C12H23BN2O6S2/c1-2-9(7-16)21-11(18)8-20-12(19)15-4-3-10(17)14-5-6-22-23-13/h9,11,16,18H,2-8H2,1H3,(H,14,17)(H,15,19). The molecule has 0 aliphatic carbocycles. The van der Waals surface area contributed by atoms with Gasteiger partial charge < -0.3 is 30.3 Å². The number of nitrogens with one attached hydrogen (secondary N) is 2. The second-order valence-corrected chi connectivity index (χ2v) is 6.47. The van der Waals surface area contributed by atoms with Gasteiger partial charge in [0.2, 0.25) is 5.91 Å². The maximum Gasteiger partial charge on any atom is 0.407 e. The van der Waals surface area contributed by atoms with Gasteiger partial charge in [0.25, 0.3) is 0 Å². The second-order valence-electron chi connectivity index (χ2n) is 4.35. The van der Waals surface area contributed by atoms with Crippen molar-refractivity contribution in [3.8, 4) is 0 Å². The first-order valence-corrected chi connectivity index (χ1v) is 9.51. The molecule has 0 aromatic carbocycles. The summed E-state index contributed by atoms with van der Waals surface area (Å²) in [6, 6.07) is 0. The van der Waals surface area contributed by atoms with Crippen molar-refractivity contribution in [2.24, 2.45) is 0 Å². The summed E-state index contributed by atoms with van der Waals surface area (Å²) in [6.45, 7) is 1.83. The average molecular weight is 366 g/mol. The molecule has 2 unspecified atom stereocenters. The molecule has 0 aliphatic heterocycles. The highest BCUT2D eigenvalue weighted by Crippen LogP contribution is 2.13. The number of aliphatic hydroxyl groups is 2. The van der Waals surface area contributed by atoms with Crippen LogP contribution in [-0.4, -0.2) is 73.8 Å². The Morgan fingerprint density at radius 3 is 2.65 bits per heavy atom. The SMILES string of the molecule is [B]SSCCNC(=O)CCNC(=O)OCC(O)OC(CC)CO. The van der Waals surface area contributed by atoms with E-state index in [1.54, 1.807) is 6.92 Å². The van der Waals surface area contributed by atoms with E-state index in [-0.39, 0.29) is 32.1 Å². The summed E-state index contributed by atoms with van der Waals surface area (Å²) in [5.74, 6) is 0.511. The van der Waals surface area contributed by atoms with Gasteiger partial charge >= 0.3 is 6.09 Å². The average Bonchev–Trinajstić information content (AvgIpc) is 2.54. The fraction of sp³-hybridized carbons (Fsp3) is 0.833. The van der Waals surface area contributed by atoms with Gasteiger partial charge in [0, 0.05) is 25.3 Å². The first kappa shape index (κ1) is 22.4. The van der Waals surface area contributed by atoms with Gasteiger partial charge in [-0.2, -0.15) is 10.6 Å². The predicted molar refractivity (Wildman–Crippen MR) is 91.0 cm³/mol. The van der Waals surface area contributed by atoms with Gasteiger partial charge in [-0.15, -0.1) is 10.8 Å². The lowest BCUT2D eigenvalue weighted by molar-refractivity contribution is -0.165. The van der Waals surface area contributed by atoms with Gasteiger partial charge in [-0.25, -0.2) is 4.79 Å². The summed E-state index contributed by atoms with van der Waals surface area (Å²) in [5, 5.41) is 23.4. The Kier molecular flexibility index (Phi) is 14.5. The monoisotopic (exact) mass is 366 g/mol. The summed E-state index contributed by atoms with van der Waals surface area (Å²) >= 11 is 0. The minimum atomic E-state index is -1.31. The normalized spacial score (nSPS) is 13.2. The molecular formula is C12H23BN2O6S2. The van der Waals surface area contributed by atoms with Gasteiger partial charge in [0.15, 0.2) is 13.4 Å². The molecule has 0 spiro atoms. The minimum Gasteiger partial charge on any atom is -0.444 e. The maximum absolute atomic E-state index is 11.4. The lowest BCUT2D eigenvalue weighted by atomic mass is 10.3. The van der Waals surface area contributed by atoms with E-state index < -0.39 is 18.5 Å². The molecule has 0 saturated heterocycles. The number of ether oxygens (including phenoxy) is 2. The van der Waals surface area contributed by atoms with Crippen molar-refractivity contribution in [2.45, 2.75) is 32.2 Å². The van der Waals surface area contributed by atoms with Crippen molar-refractivity contribution >= 4 is 40.6 Å². The van der Waals surface area contributed by atoms with Crippen LogP contribution in [0.5, 0.6) is 0 Å². The van der Waals surface area contributed by atoms with Crippen LogP contribution < -0.4 is 10.6 Å². The molecule has 0 rings (SSSR count). The molecule has 0 aliphatic rings. The van der Waals surface area contributed by atoms with E-state index in [0.29, 0.717) is 18.7 Å². The van der Waals surface area contributed by atoms with E-state index in [1.807, 2.05) is 0 Å². The second kappa shape index (κ2) is 14.9.